The Balaban J connectivity index is 2.41. The number of methoxy groups -OCH3 is 2. The zero-order chi connectivity index (χ0) is 13.4. The van der Waals surface area contributed by atoms with Gasteiger partial charge in [0.1, 0.15) is 6.33 Å². The molecule has 1 N–H and O–H groups in total. The molecule has 6 nitrogen and oxygen atoms in total. The largest absolute Gasteiger partial charge is 0.490 e. The van der Waals surface area contributed by atoms with Crippen LogP contribution < -0.4 is 10.1 Å². The second-order valence-electron chi connectivity index (χ2n) is 3.77. The van der Waals surface area contributed by atoms with E-state index in [0.29, 0.717) is 16.7 Å². The minimum absolute atomic E-state index is 0.308. The van der Waals surface area contributed by atoms with E-state index in [-0.39, 0.29) is 0 Å². The molecule has 1 rings (SSSR count). The van der Waals surface area contributed by atoms with Crippen LogP contribution in [0.2, 0.25) is 5.15 Å². The molecule has 0 aliphatic carbocycles. The third-order valence-electron chi connectivity index (χ3n) is 2.43. The molecule has 0 atom stereocenters. The van der Waals surface area contributed by atoms with Gasteiger partial charge in [0.25, 0.3) is 0 Å². The smallest absolute Gasteiger partial charge is 0.198 e. The highest BCUT2D eigenvalue weighted by atomic mass is 35.5. The van der Waals surface area contributed by atoms with E-state index in [2.05, 4.69) is 20.2 Å². The Labute approximate surface area is 112 Å². The van der Waals surface area contributed by atoms with Crippen molar-refractivity contribution < 1.29 is 9.47 Å². The normalized spacial score (nSPS) is 10.7. The lowest BCUT2D eigenvalue weighted by Crippen LogP contribution is -2.28. The number of hydrogen-bond acceptors (Lipinski definition) is 6. The first-order chi connectivity index (χ1) is 8.69. The lowest BCUT2D eigenvalue weighted by Gasteiger charge is -2.17. The molecular formula is C11H19ClN4O2. The van der Waals surface area contributed by atoms with E-state index < -0.39 is 0 Å². The topological polar surface area (TPSA) is 59.5 Å². The maximum absolute atomic E-state index is 5.90. The van der Waals surface area contributed by atoms with Crippen molar-refractivity contribution in [1.82, 2.24) is 14.9 Å². The molecule has 0 aromatic carbocycles. The zero-order valence-corrected chi connectivity index (χ0v) is 11.7. The van der Waals surface area contributed by atoms with E-state index in [1.165, 1.54) is 6.33 Å². The Kier molecular flexibility index (Phi) is 6.70. The lowest BCUT2D eigenvalue weighted by atomic mass is 10.4. The molecule has 1 heterocycles. The molecule has 0 fully saturated rings. The summed E-state index contributed by atoms with van der Waals surface area (Å²) in [6.07, 6.45) is 1.40. The molecule has 0 aliphatic rings. The van der Waals surface area contributed by atoms with Gasteiger partial charge in [0, 0.05) is 26.7 Å². The maximum Gasteiger partial charge on any atom is 0.198 e. The molecule has 0 aliphatic heterocycles. The van der Waals surface area contributed by atoms with Crippen molar-refractivity contribution in [3.05, 3.63) is 11.5 Å². The second-order valence-corrected chi connectivity index (χ2v) is 4.13. The first kappa shape index (κ1) is 14.9. The van der Waals surface area contributed by atoms with Crippen LogP contribution in [0.5, 0.6) is 5.75 Å². The van der Waals surface area contributed by atoms with Crippen molar-refractivity contribution in [2.45, 2.75) is 0 Å². The van der Waals surface area contributed by atoms with E-state index in [1.54, 1.807) is 14.2 Å². The number of ether oxygens (including phenoxy) is 2. The maximum atomic E-state index is 5.90. The van der Waals surface area contributed by atoms with Crippen LogP contribution in [-0.4, -0.2) is 62.4 Å². The monoisotopic (exact) mass is 274 g/mol. The summed E-state index contributed by atoms with van der Waals surface area (Å²) in [7, 11) is 5.27. The summed E-state index contributed by atoms with van der Waals surface area (Å²) >= 11 is 5.90. The highest BCUT2D eigenvalue weighted by Crippen LogP contribution is 2.27. The Hall–Kier alpha value is -1.11. The SMILES string of the molecule is COCCN(C)CCNc1ncnc(Cl)c1OC. The summed E-state index contributed by atoms with van der Waals surface area (Å²) in [6.45, 7) is 3.22. The van der Waals surface area contributed by atoms with Gasteiger partial charge in [-0.25, -0.2) is 9.97 Å². The number of likely N-dealkylation sites (N-methyl/N-ethyl adjacent to an activating group) is 1. The standard InChI is InChI=1S/C11H19ClN4O2/c1-16(6-7-17-2)5-4-13-11-9(18-3)10(12)14-8-15-11/h8H,4-7H2,1-3H3,(H,13,14,15). The Morgan fingerprint density at radius 3 is 2.78 bits per heavy atom. The Morgan fingerprint density at radius 2 is 2.11 bits per heavy atom. The Morgan fingerprint density at radius 1 is 1.33 bits per heavy atom. The summed E-state index contributed by atoms with van der Waals surface area (Å²) in [5.41, 5.74) is 0. The van der Waals surface area contributed by atoms with Crippen LogP contribution in [-0.2, 0) is 4.74 Å². The highest BCUT2D eigenvalue weighted by molar-refractivity contribution is 6.31. The van der Waals surface area contributed by atoms with Crippen molar-refractivity contribution in [3.8, 4) is 5.75 Å². The molecule has 102 valence electrons. The van der Waals surface area contributed by atoms with Gasteiger partial charge in [-0.1, -0.05) is 11.6 Å². The van der Waals surface area contributed by atoms with Crippen molar-refractivity contribution in [3.63, 3.8) is 0 Å². The van der Waals surface area contributed by atoms with Gasteiger partial charge in [-0.15, -0.1) is 0 Å². The first-order valence-corrected chi connectivity index (χ1v) is 6.02. The van der Waals surface area contributed by atoms with Crippen LogP contribution in [0.3, 0.4) is 0 Å². The zero-order valence-electron chi connectivity index (χ0n) is 10.9. The van der Waals surface area contributed by atoms with Gasteiger partial charge in [0.15, 0.2) is 16.7 Å². The third kappa shape index (κ3) is 4.64. The van der Waals surface area contributed by atoms with Gasteiger partial charge in [-0.2, -0.15) is 0 Å². The molecule has 0 spiro atoms. The minimum Gasteiger partial charge on any atom is -0.490 e. The first-order valence-electron chi connectivity index (χ1n) is 5.65. The number of rotatable bonds is 8. The molecule has 1 aromatic heterocycles. The highest BCUT2D eigenvalue weighted by Gasteiger charge is 2.09. The number of hydrogen-bond donors (Lipinski definition) is 1. The number of halogens is 1. The summed E-state index contributed by atoms with van der Waals surface area (Å²) in [4.78, 5) is 10.1. The fourth-order valence-electron chi connectivity index (χ4n) is 1.38. The summed E-state index contributed by atoms with van der Waals surface area (Å²) in [5.74, 6) is 1.08. The molecule has 0 amide bonds. The molecule has 0 radical (unpaired) electrons. The molecule has 7 heteroatoms. The number of nitrogens with zero attached hydrogens (tertiary/aromatic N) is 3. The fourth-order valence-corrected chi connectivity index (χ4v) is 1.59. The van der Waals surface area contributed by atoms with Crippen molar-refractivity contribution in [2.75, 3.05) is 52.8 Å². The van der Waals surface area contributed by atoms with Crippen molar-refractivity contribution >= 4 is 17.4 Å². The van der Waals surface area contributed by atoms with Gasteiger partial charge in [0.05, 0.1) is 13.7 Å². The van der Waals surface area contributed by atoms with Crippen LogP contribution >= 0.6 is 11.6 Å². The molecule has 18 heavy (non-hydrogen) atoms. The predicted octanol–water partition coefficient (Wildman–Crippen LogP) is 1.13. The molecule has 1 aromatic rings. The molecule has 0 bridgehead atoms. The van der Waals surface area contributed by atoms with E-state index in [4.69, 9.17) is 21.1 Å². The summed E-state index contributed by atoms with van der Waals surface area (Å²) < 4.78 is 10.2. The second kappa shape index (κ2) is 8.07. The average molecular weight is 275 g/mol. The fraction of sp³-hybridized carbons (Fsp3) is 0.636. The van der Waals surface area contributed by atoms with Gasteiger partial charge < -0.3 is 19.7 Å². The van der Waals surface area contributed by atoms with Gasteiger partial charge >= 0.3 is 0 Å². The van der Waals surface area contributed by atoms with Crippen LogP contribution in [0, 0.1) is 0 Å². The average Bonchev–Trinajstić information content (AvgIpc) is 2.36. The van der Waals surface area contributed by atoms with Gasteiger partial charge in [0.2, 0.25) is 0 Å². The number of anilines is 1. The number of aromatic nitrogens is 2. The quantitative estimate of drug-likeness (QED) is 0.717. The minimum atomic E-state index is 0.308. The predicted molar refractivity (Wildman–Crippen MR) is 71.5 cm³/mol. The van der Waals surface area contributed by atoms with Crippen LogP contribution in [0.4, 0.5) is 5.82 Å². The van der Waals surface area contributed by atoms with Gasteiger partial charge in [-0.05, 0) is 7.05 Å². The summed E-state index contributed by atoms with van der Waals surface area (Å²) in [5, 5.41) is 3.48. The van der Waals surface area contributed by atoms with Gasteiger partial charge in [-0.3, -0.25) is 0 Å². The Bertz CT molecular complexity index is 365. The molecule has 0 saturated heterocycles. The van der Waals surface area contributed by atoms with Crippen LogP contribution in [0.1, 0.15) is 0 Å². The van der Waals surface area contributed by atoms with E-state index >= 15 is 0 Å². The third-order valence-corrected chi connectivity index (χ3v) is 2.70. The van der Waals surface area contributed by atoms with Crippen molar-refractivity contribution in [1.29, 1.82) is 0 Å². The van der Waals surface area contributed by atoms with Crippen LogP contribution in [0.15, 0.2) is 6.33 Å². The molecule has 0 saturated carbocycles. The summed E-state index contributed by atoms with van der Waals surface area (Å²) in [6, 6.07) is 0. The van der Waals surface area contributed by atoms with E-state index in [9.17, 15) is 0 Å². The van der Waals surface area contributed by atoms with E-state index in [0.717, 1.165) is 26.2 Å². The number of nitrogens with one attached hydrogen (secondary N) is 1. The van der Waals surface area contributed by atoms with Crippen molar-refractivity contribution in [2.24, 2.45) is 0 Å². The molecular weight excluding hydrogens is 256 g/mol. The van der Waals surface area contributed by atoms with Crippen LogP contribution in [0.25, 0.3) is 0 Å². The van der Waals surface area contributed by atoms with E-state index in [1.807, 2.05) is 7.05 Å². The lowest BCUT2D eigenvalue weighted by molar-refractivity contribution is 0.163. The molecule has 0 unspecified atom stereocenters.